The summed E-state index contributed by atoms with van der Waals surface area (Å²) in [6.07, 6.45) is 4.07. The van der Waals surface area contributed by atoms with Crippen molar-refractivity contribution in [3.05, 3.63) is 22.3 Å². The first-order valence-corrected chi connectivity index (χ1v) is 6.00. The molecule has 2 heterocycles. The fraction of sp³-hybridized carbons (Fsp3) is 0.455. The Morgan fingerprint density at radius 3 is 3.19 bits per heavy atom. The van der Waals surface area contributed by atoms with Gasteiger partial charge >= 0.3 is 0 Å². The molecule has 1 aromatic heterocycles. The van der Waals surface area contributed by atoms with Crippen LogP contribution in [0.1, 0.15) is 18.4 Å². The van der Waals surface area contributed by atoms with Gasteiger partial charge in [-0.1, -0.05) is 0 Å². The van der Waals surface area contributed by atoms with Crippen molar-refractivity contribution in [3.63, 3.8) is 0 Å². The molecule has 0 aromatic carbocycles. The Morgan fingerprint density at radius 1 is 1.69 bits per heavy atom. The lowest BCUT2D eigenvalue weighted by atomic mass is 10.2. The Kier molecular flexibility index (Phi) is 3.75. The maximum atomic E-state index is 8.70. The minimum Gasteiger partial charge on any atom is -0.376 e. The first kappa shape index (κ1) is 11.4. The molecular weight excluding hydrogens is 270 g/mol. The molecule has 1 N–H and O–H groups in total. The fourth-order valence-electron chi connectivity index (χ4n) is 1.64. The van der Waals surface area contributed by atoms with Crippen LogP contribution in [0.25, 0.3) is 0 Å². The Morgan fingerprint density at radius 2 is 2.56 bits per heavy atom. The average molecular weight is 282 g/mol. The standard InChI is InChI=1S/C11H12BrN3O/c12-10-4-8(5-13)6-14-11(10)15-7-9-2-1-3-16-9/h4,6,9H,1-3,7H2,(H,14,15). The van der Waals surface area contributed by atoms with E-state index in [-0.39, 0.29) is 6.10 Å². The quantitative estimate of drug-likeness (QED) is 0.924. The summed E-state index contributed by atoms with van der Waals surface area (Å²) in [5.74, 6) is 0.759. The van der Waals surface area contributed by atoms with Crippen molar-refractivity contribution in [2.75, 3.05) is 18.5 Å². The summed E-state index contributed by atoms with van der Waals surface area (Å²) in [7, 11) is 0. The SMILES string of the molecule is N#Cc1cnc(NCC2CCCO2)c(Br)c1. The maximum absolute atomic E-state index is 8.70. The highest BCUT2D eigenvalue weighted by molar-refractivity contribution is 9.10. The second kappa shape index (κ2) is 5.28. The first-order chi connectivity index (χ1) is 7.79. The van der Waals surface area contributed by atoms with Gasteiger partial charge in [0, 0.05) is 19.3 Å². The molecule has 1 atom stereocenters. The smallest absolute Gasteiger partial charge is 0.140 e. The second-order valence-electron chi connectivity index (χ2n) is 3.68. The molecule has 84 valence electrons. The van der Waals surface area contributed by atoms with E-state index in [9.17, 15) is 0 Å². The second-order valence-corrected chi connectivity index (χ2v) is 4.54. The van der Waals surface area contributed by atoms with Crippen LogP contribution >= 0.6 is 15.9 Å². The molecule has 5 heteroatoms. The molecule has 2 rings (SSSR count). The Labute approximate surface area is 103 Å². The average Bonchev–Trinajstić information content (AvgIpc) is 2.80. The number of aromatic nitrogens is 1. The fourth-order valence-corrected chi connectivity index (χ4v) is 2.13. The minimum atomic E-state index is 0.282. The predicted molar refractivity (Wildman–Crippen MR) is 64.1 cm³/mol. The molecule has 1 fully saturated rings. The van der Waals surface area contributed by atoms with Crippen LogP contribution in [-0.2, 0) is 4.74 Å². The number of hydrogen-bond donors (Lipinski definition) is 1. The van der Waals surface area contributed by atoms with E-state index in [1.807, 2.05) is 6.07 Å². The van der Waals surface area contributed by atoms with Crippen molar-refractivity contribution >= 4 is 21.7 Å². The number of nitriles is 1. The van der Waals surface area contributed by atoms with Crippen molar-refractivity contribution in [1.29, 1.82) is 5.26 Å². The van der Waals surface area contributed by atoms with Crippen LogP contribution in [0.3, 0.4) is 0 Å². The zero-order valence-electron chi connectivity index (χ0n) is 8.74. The van der Waals surface area contributed by atoms with Crippen LogP contribution in [0, 0.1) is 11.3 Å². The monoisotopic (exact) mass is 281 g/mol. The van der Waals surface area contributed by atoms with E-state index in [1.54, 1.807) is 12.3 Å². The van der Waals surface area contributed by atoms with Gasteiger partial charge < -0.3 is 10.1 Å². The van der Waals surface area contributed by atoms with Crippen LogP contribution in [0.5, 0.6) is 0 Å². The van der Waals surface area contributed by atoms with E-state index >= 15 is 0 Å². The predicted octanol–water partition coefficient (Wildman–Crippen LogP) is 2.31. The summed E-state index contributed by atoms with van der Waals surface area (Å²) in [6.45, 7) is 1.62. The molecule has 0 saturated carbocycles. The molecular formula is C11H12BrN3O. The number of hydrogen-bond acceptors (Lipinski definition) is 4. The lowest BCUT2D eigenvalue weighted by molar-refractivity contribution is 0.120. The summed E-state index contributed by atoms with van der Waals surface area (Å²) in [6, 6.07) is 3.80. The zero-order chi connectivity index (χ0) is 11.4. The van der Waals surface area contributed by atoms with Crippen molar-refractivity contribution in [3.8, 4) is 6.07 Å². The van der Waals surface area contributed by atoms with Crippen LogP contribution < -0.4 is 5.32 Å². The third-order valence-corrected chi connectivity index (χ3v) is 3.10. The van der Waals surface area contributed by atoms with Crippen LogP contribution in [0.2, 0.25) is 0 Å². The summed E-state index contributed by atoms with van der Waals surface area (Å²) < 4.78 is 6.31. The molecule has 1 aliphatic heterocycles. The van der Waals surface area contributed by atoms with Gasteiger partial charge in [0.2, 0.25) is 0 Å². The highest BCUT2D eigenvalue weighted by atomic mass is 79.9. The Hall–Kier alpha value is -1.12. The van der Waals surface area contributed by atoms with E-state index in [4.69, 9.17) is 10.00 Å². The van der Waals surface area contributed by atoms with Gasteiger partial charge in [0.05, 0.1) is 16.1 Å². The number of nitrogens with zero attached hydrogens (tertiary/aromatic N) is 2. The van der Waals surface area contributed by atoms with Gasteiger partial charge in [0.1, 0.15) is 11.9 Å². The number of pyridine rings is 1. The molecule has 1 saturated heterocycles. The number of rotatable bonds is 3. The van der Waals surface area contributed by atoms with Gasteiger partial charge in [-0.2, -0.15) is 5.26 Å². The summed E-state index contributed by atoms with van der Waals surface area (Å²) >= 11 is 3.38. The van der Waals surface area contributed by atoms with Crippen LogP contribution in [-0.4, -0.2) is 24.2 Å². The summed E-state index contributed by atoms with van der Waals surface area (Å²) in [5.41, 5.74) is 0.551. The molecule has 0 aliphatic carbocycles. The highest BCUT2D eigenvalue weighted by Crippen LogP contribution is 2.21. The number of anilines is 1. The Bertz CT molecular complexity index is 410. The lowest BCUT2D eigenvalue weighted by Gasteiger charge is -2.12. The molecule has 0 radical (unpaired) electrons. The van der Waals surface area contributed by atoms with Crippen molar-refractivity contribution in [1.82, 2.24) is 4.98 Å². The van der Waals surface area contributed by atoms with Gasteiger partial charge in [-0.25, -0.2) is 4.98 Å². The third kappa shape index (κ3) is 2.71. The lowest BCUT2D eigenvalue weighted by Crippen LogP contribution is -2.19. The van der Waals surface area contributed by atoms with Crippen molar-refractivity contribution in [2.24, 2.45) is 0 Å². The van der Waals surface area contributed by atoms with E-state index in [0.717, 1.165) is 36.3 Å². The topological polar surface area (TPSA) is 57.9 Å². The van der Waals surface area contributed by atoms with E-state index in [1.165, 1.54) is 0 Å². The molecule has 0 spiro atoms. The van der Waals surface area contributed by atoms with Crippen molar-refractivity contribution < 1.29 is 4.74 Å². The first-order valence-electron chi connectivity index (χ1n) is 5.20. The molecule has 1 aliphatic rings. The highest BCUT2D eigenvalue weighted by Gasteiger charge is 2.15. The normalized spacial score (nSPS) is 19.4. The molecule has 16 heavy (non-hydrogen) atoms. The summed E-state index contributed by atoms with van der Waals surface area (Å²) in [5, 5.41) is 11.9. The number of halogens is 1. The van der Waals surface area contributed by atoms with E-state index in [0.29, 0.717) is 5.56 Å². The molecule has 0 amide bonds. The summed E-state index contributed by atoms with van der Waals surface area (Å²) in [4.78, 5) is 4.17. The zero-order valence-corrected chi connectivity index (χ0v) is 10.3. The van der Waals surface area contributed by atoms with Gasteiger partial charge in [0.15, 0.2) is 0 Å². The van der Waals surface area contributed by atoms with Gasteiger partial charge in [-0.3, -0.25) is 0 Å². The molecule has 0 bridgehead atoms. The largest absolute Gasteiger partial charge is 0.376 e. The maximum Gasteiger partial charge on any atom is 0.140 e. The van der Waals surface area contributed by atoms with Gasteiger partial charge in [-0.15, -0.1) is 0 Å². The molecule has 1 unspecified atom stereocenters. The van der Waals surface area contributed by atoms with E-state index in [2.05, 4.69) is 26.2 Å². The molecule has 1 aromatic rings. The van der Waals surface area contributed by atoms with Gasteiger partial charge in [0.25, 0.3) is 0 Å². The third-order valence-electron chi connectivity index (χ3n) is 2.49. The van der Waals surface area contributed by atoms with Crippen molar-refractivity contribution in [2.45, 2.75) is 18.9 Å². The number of ether oxygens (including phenoxy) is 1. The van der Waals surface area contributed by atoms with E-state index < -0.39 is 0 Å². The van der Waals surface area contributed by atoms with Gasteiger partial charge in [-0.05, 0) is 34.8 Å². The van der Waals surface area contributed by atoms with Crippen LogP contribution in [0.4, 0.5) is 5.82 Å². The molecule has 4 nitrogen and oxygen atoms in total. The van der Waals surface area contributed by atoms with Crippen LogP contribution in [0.15, 0.2) is 16.7 Å². The minimum absolute atomic E-state index is 0.282. The number of nitrogens with one attached hydrogen (secondary N) is 1. The Balaban J connectivity index is 1.96.